The van der Waals surface area contributed by atoms with Crippen LogP contribution >= 0.6 is 0 Å². The fourth-order valence-electron chi connectivity index (χ4n) is 0.379. The van der Waals surface area contributed by atoms with E-state index >= 15 is 0 Å². The van der Waals surface area contributed by atoms with Gasteiger partial charge in [-0.25, -0.2) is 5.43 Å². The van der Waals surface area contributed by atoms with Gasteiger partial charge in [0.2, 0.25) is 5.91 Å². The molecule has 1 N–H and O–H groups in total. The summed E-state index contributed by atoms with van der Waals surface area (Å²) in [5.74, 6) is 0.337. The van der Waals surface area contributed by atoms with Crippen molar-refractivity contribution in [2.24, 2.45) is 16.9 Å². The lowest BCUT2D eigenvalue weighted by Gasteiger charge is -2.01. The first-order valence-corrected chi connectivity index (χ1v) is 3.87. The molecule has 0 aromatic heterocycles. The SMILES string of the molecule is CC(C)/C=N/NC(=O)C(C)C. The van der Waals surface area contributed by atoms with Gasteiger partial charge in [-0.05, 0) is 5.92 Å². The van der Waals surface area contributed by atoms with Crippen molar-refractivity contribution < 1.29 is 4.79 Å². The zero-order valence-electron chi connectivity index (χ0n) is 7.59. The van der Waals surface area contributed by atoms with Gasteiger partial charge in [0.25, 0.3) is 0 Å². The topological polar surface area (TPSA) is 41.5 Å². The van der Waals surface area contributed by atoms with E-state index in [1.54, 1.807) is 6.21 Å². The molecule has 0 bridgehead atoms. The molecule has 11 heavy (non-hydrogen) atoms. The number of nitrogens with zero attached hydrogens (tertiary/aromatic N) is 1. The van der Waals surface area contributed by atoms with Crippen LogP contribution in [0.25, 0.3) is 0 Å². The van der Waals surface area contributed by atoms with E-state index in [1.165, 1.54) is 0 Å². The Labute approximate surface area is 67.9 Å². The first-order chi connectivity index (χ1) is 5.04. The summed E-state index contributed by atoms with van der Waals surface area (Å²) in [6.45, 7) is 7.68. The number of carbonyl (C=O) groups excluding carboxylic acids is 1. The second-order valence-corrected chi connectivity index (χ2v) is 3.15. The Morgan fingerprint density at radius 1 is 1.36 bits per heavy atom. The van der Waals surface area contributed by atoms with Gasteiger partial charge in [0, 0.05) is 12.1 Å². The van der Waals surface area contributed by atoms with Crippen molar-refractivity contribution in [3.63, 3.8) is 0 Å². The summed E-state index contributed by atoms with van der Waals surface area (Å²) >= 11 is 0. The normalized spacial score (nSPS) is 11.5. The molecule has 3 nitrogen and oxygen atoms in total. The summed E-state index contributed by atoms with van der Waals surface area (Å²) in [7, 11) is 0. The predicted molar refractivity (Wildman–Crippen MR) is 46.3 cm³/mol. The quantitative estimate of drug-likeness (QED) is 0.487. The number of amides is 1. The minimum absolute atomic E-state index is 0.000637. The Bertz CT molecular complexity index is 150. The molecule has 3 heteroatoms. The van der Waals surface area contributed by atoms with Gasteiger partial charge in [0.05, 0.1) is 0 Å². The van der Waals surface area contributed by atoms with Gasteiger partial charge in [-0.1, -0.05) is 27.7 Å². The minimum Gasteiger partial charge on any atom is -0.273 e. The fraction of sp³-hybridized carbons (Fsp3) is 0.750. The van der Waals surface area contributed by atoms with E-state index < -0.39 is 0 Å². The molecular weight excluding hydrogens is 140 g/mol. The van der Waals surface area contributed by atoms with Crippen LogP contribution in [-0.4, -0.2) is 12.1 Å². The van der Waals surface area contributed by atoms with Gasteiger partial charge >= 0.3 is 0 Å². The van der Waals surface area contributed by atoms with Crippen molar-refractivity contribution in [2.45, 2.75) is 27.7 Å². The molecule has 0 aromatic rings. The molecule has 0 aliphatic rings. The Balaban J connectivity index is 3.62. The number of carbonyl (C=O) groups is 1. The third-order valence-corrected chi connectivity index (χ3v) is 1.07. The summed E-state index contributed by atoms with van der Waals surface area (Å²) in [5.41, 5.74) is 2.44. The summed E-state index contributed by atoms with van der Waals surface area (Å²) in [6.07, 6.45) is 1.71. The van der Waals surface area contributed by atoms with Crippen molar-refractivity contribution in [1.29, 1.82) is 0 Å². The number of hydrogen-bond donors (Lipinski definition) is 1. The number of hydrogen-bond acceptors (Lipinski definition) is 2. The Morgan fingerprint density at radius 3 is 2.27 bits per heavy atom. The Morgan fingerprint density at radius 2 is 1.91 bits per heavy atom. The van der Waals surface area contributed by atoms with Crippen LogP contribution in [0, 0.1) is 11.8 Å². The molecule has 0 saturated carbocycles. The summed E-state index contributed by atoms with van der Waals surface area (Å²) < 4.78 is 0. The third-order valence-electron chi connectivity index (χ3n) is 1.07. The Kier molecular flexibility index (Phi) is 4.50. The molecule has 0 fully saturated rings. The Hall–Kier alpha value is -0.860. The zero-order chi connectivity index (χ0) is 8.85. The maximum atomic E-state index is 10.9. The molecular formula is C8H16N2O. The number of hydrazone groups is 1. The van der Waals surface area contributed by atoms with Crippen molar-refractivity contribution >= 4 is 12.1 Å². The van der Waals surface area contributed by atoms with Gasteiger partial charge in [-0.15, -0.1) is 0 Å². The van der Waals surface area contributed by atoms with E-state index in [2.05, 4.69) is 10.5 Å². The van der Waals surface area contributed by atoms with Crippen molar-refractivity contribution in [3.8, 4) is 0 Å². The lowest BCUT2D eigenvalue weighted by Crippen LogP contribution is -2.23. The summed E-state index contributed by atoms with van der Waals surface area (Å²) in [4.78, 5) is 10.9. The average Bonchev–Trinajstić information content (AvgIpc) is 1.86. The van der Waals surface area contributed by atoms with Crippen LogP contribution in [0.2, 0.25) is 0 Å². The van der Waals surface area contributed by atoms with Gasteiger partial charge in [-0.3, -0.25) is 4.79 Å². The highest BCUT2D eigenvalue weighted by Gasteiger charge is 2.03. The van der Waals surface area contributed by atoms with E-state index in [0.717, 1.165) is 0 Å². The van der Waals surface area contributed by atoms with E-state index in [9.17, 15) is 4.79 Å². The van der Waals surface area contributed by atoms with E-state index in [0.29, 0.717) is 5.92 Å². The van der Waals surface area contributed by atoms with Crippen LogP contribution in [-0.2, 0) is 4.79 Å². The monoisotopic (exact) mass is 156 g/mol. The minimum atomic E-state index is -0.0399. The molecule has 64 valence electrons. The van der Waals surface area contributed by atoms with Gasteiger partial charge in [0.15, 0.2) is 0 Å². The van der Waals surface area contributed by atoms with Crippen LogP contribution in [0.3, 0.4) is 0 Å². The third kappa shape index (κ3) is 5.58. The van der Waals surface area contributed by atoms with E-state index in [-0.39, 0.29) is 11.8 Å². The molecule has 0 aliphatic carbocycles. The second-order valence-electron chi connectivity index (χ2n) is 3.15. The maximum absolute atomic E-state index is 10.9. The fourth-order valence-corrected chi connectivity index (χ4v) is 0.379. The molecule has 1 amide bonds. The standard InChI is InChI=1S/C8H16N2O/c1-6(2)5-9-10-8(11)7(3)4/h5-7H,1-4H3,(H,10,11)/b9-5+. The molecule has 0 aromatic carbocycles. The molecule has 0 saturated heterocycles. The van der Waals surface area contributed by atoms with Gasteiger partial charge < -0.3 is 0 Å². The van der Waals surface area contributed by atoms with Crippen LogP contribution < -0.4 is 5.43 Å². The highest BCUT2D eigenvalue weighted by molar-refractivity contribution is 5.78. The number of nitrogens with one attached hydrogen (secondary N) is 1. The smallest absolute Gasteiger partial charge is 0.242 e. The molecule has 0 radical (unpaired) electrons. The largest absolute Gasteiger partial charge is 0.273 e. The summed E-state index contributed by atoms with van der Waals surface area (Å²) in [6, 6.07) is 0. The first kappa shape index (κ1) is 10.1. The van der Waals surface area contributed by atoms with Crippen molar-refractivity contribution in [2.75, 3.05) is 0 Å². The molecule has 0 rings (SSSR count). The van der Waals surface area contributed by atoms with Crippen LogP contribution in [0.4, 0.5) is 0 Å². The maximum Gasteiger partial charge on any atom is 0.242 e. The van der Waals surface area contributed by atoms with Crippen LogP contribution in [0.15, 0.2) is 5.10 Å². The van der Waals surface area contributed by atoms with E-state index in [1.807, 2.05) is 27.7 Å². The van der Waals surface area contributed by atoms with Crippen LogP contribution in [0.5, 0.6) is 0 Å². The van der Waals surface area contributed by atoms with Crippen molar-refractivity contribution in [1.82, 2.24) is 5.43 Å². The first-order valence-electron chi connectivity index (χ1n) is 3.87. The molecule has 0 atom stereocenters. The van der Waals surface area contributed by atoms with Gasteiger partial charge in [0.1, 0.15) is 0 Å². The molecule has 0 aliphatic heterocycles. The summed E-state index contributed by atoms with van der Waals surface area (Å²) in [5, 5.41) is 3.77. The molecule has 0 heterocycles. The second kappa shape index (κ2) is 4.88. The molecule has 0 unspecified atom stereocenters. The van der Waals surface area contributed by atoms with E-state index in [4.69, 9.17) is 0 Å². The lowest BCUT2D eigenvalue weighted by molar-refractivity contribution is -0.123. The van der Waals surface area contributed by atoms with Gasteiger partial charge in [-0.2, -0.15) is 5.10 Å². The zero-order valence-corrected chi connectivity index (χ0v) is 7.59. The average molecular weight is 156 g/mol. The van der Waals surface area contributed by atoms with Crippen molar-refractivity contribution in [3.05, 3.63) is 0 Å². The number of rotatable bonds is 3. The molecule has 0 spiro atoms. The highest BCUT2D eigenvalue weighted by atomic mass is 16.2. The predicted octanol–water partition coefficient (Wildman–Crippen LogP) is 1.40. The highest BCUT2D eigenvalue weighted by Crippen LogP contribution is 1.90. The van der Waals surface area contributed by atoms with Crippen LogP contribution in [0.1, 0.15) is 27.7 Å². The lowest BCUT2D eigenvalue weighted by atomic mass is 10.2.